The van der Waals surface area contributed by atoms with Crippen molar-refractivity contribution in [1.82, 2.24) is 4.90 Å². The number of amides is 2. The highest BCUT2D eigenvalue weighted by Gasteiger charge is 2.41. The number of para-hydroxylation sites is 1. The fraction of sp³-hybridized carbons (Fsp3) is 0.333. The van der Waals surface area contributed by atoms with E-state index in [1.165, 1.54) is 16.7 Å². The largest absolute Gasteiger partial charge is 0.496 e. The summed E-state index contributed by atoms with van der Waals surface area (Å²) in [6.07, 6.45) is 3.31. The minimum absolute atomic E-state index is 0.0961. The van der Waals surface area contributed by atoms with Crippen LogP contribution in [0.2, 0.25) is 0 Å². The van der Waals surface area contributed by atoms with E-state index in [-0.39, 0.29) is 24.5 Å². The molecule has 146 valence electrons. The fourth-order valence-electron chi connectivity index (χ4n) is 3.47. The molecule has 0 radical (unpaired) electrons. The first-order valence-electron chi connectivity index (χ1n) is 9.19. The lowest BCUT2D eigenvalue weighted by molar-refractivity contribution is -0.138. The Kier molecular flexibility index (Phi) is 5.54. The third-order valence-electron chi connectivity index (χ3n) is 4.85. The first-order chi connectivity index (χ1) is 13.7. The van der Waals surface area contributed by atoms with Gasteiger partial charge < -0.3 is 13.9 Å². The fourth-order valence-corrected chi connectivity index (χ4v) is 4.50. The number of carbonyl (C=O) groups excluding carboxylic acids is 2. The predicted octanol–water partition coefficient (Wildman–Crippen LogP) is 3.48. The lowest BCUT2D eigenvalue weighted by Crippen LogP contribution is -2.37. The normalized spacial score (nSPS) is 19.8. The zero-order valence-corrected chi connectivity index (χ0v) is 16.4. The maximum Gasteiger partial charge on any atom is 0.268 e. The van der Waals surface area contributed by atoms with E-state index in [1.54, 1.807) is 25.5 Å². The molecule has 1 saturated heterocycles. The molecular weight excluding hydrogens is 378 g/mol. The van der Waals surface area contributed by atoms with Crippen molar-refractivity contribution in [2.75, 3.05) is 20.3 Å². The molecule has 1 aromatic carbocycles. The maximum absolute atomic E-state index is 13.2. The Morgan fingerprint density at radius 1 is 1.18 bits per heavy atom. The van der Waals surface area contributed by atoms with E-state index >= 15 is 0 Å². The van der Waals surface area contributed by atoms with Gasteiger partial charge in [0.15, 0.2) is 0 Å². The molecule has 1 unspecified atom stereocenters. The van der Waals surface area contributed by atoms with Gasteiger partial charge in [-0.2, -0.15) is 0 Å². The Balaban J connectivity index is 1.68. The predicted molar refractivity (Wildman–Crippen MR) is 106 cm³/mol. The number of hydrogen-bond donors (Lipinski definition) is 0. The molecule has 1 fully saturated rings. The summed E-state index contributed by atoms with van der Waals surface area (Å²) >= 11 is 1.31. The minimum Gasteiger partial charge on any atom is -0.496 e. The van der Waals surface area contributed by atoms with Gasteiger partial charge in [-0.1, -0.05) is 18.2 Å². The van der Waals surface area contributed by atoms with Gasteiger partial charge >= 0.3 is 0 Å². The van der Waals surface area contributed by atoms with Crippen LogP contribution in [0.25, 0.3) is 5.57 Å². The van der Waals surface area contributed by atoms with Crippen LogP contribution in [0.1, 0.15) is 24.2 Å². The van der Waals surface area contributed by atoms with Crippen LogP contribution in [0, 0.1) is 0 Å². The summed E-state index contributed by atoms with van der Waals surface area (Å²) in [5.41, 5.74) is 1.01. The Bertz CT molecular complexity index is 899. The molecular formula is C21H21NO5S. The van der Waals surface area contributed by atoms with Gasteiger partial charge in [0.1, 0.15) is 11.5 Å². The molecule has 7 heteroatoms. The molecule has 2 aliphatic heterocycles. The van der Waals surface area contributed by atoms with Gasteiger partial charge in [0.2, 0.25) is 0 Å². The molecule has 28 heavy (non-hydrogen) atoms. The number of ether oxygens (including phenoxy) is 2. The number of thioether (sulfide) groups is 1. The van der Waals surface area contributed by atoms with Crippen molar-refractivity contribution in [2.45, 2.75) is 24.7 Å². The number of furan rings is 1. The zero-order chi connectivity index (χ0) is 19.5. The van der Waals surface area contributed by atoms with Crippen LogP contribution in [0.5, 0.6) is 5.75 Å². The smallest absolute Gasteiger partial charge is 0.268 e. The minimum atomic E-state index is -0.299. The highest BCUT2D eigenvalue weighted by Crippen LogP contribution is 2.40. The number of rotatable bonds is 7. The molecule has 6 nitrogen and oxygen atoms in total. The second-order valence-corrected chi connectivity index (χ2v) is 7.61. The van der Waals surface area contributed by atoms with Gasteiger partial charge in [-0.25, -0.2) is 0 Å². The van der Waals surface area contributed by atoms with Gasteiger partial charge in [0, 0.05) is 12.2 Å². The van der Waals surface area contributed by atoms with Crippen molar-refractivity contribution in [3.05, 3.63) is 58.9 Å². The zero-order valence-electron chi connectivity index (χ0n) is 15.6. The summed E-state index contributed by atoms with van der Waals surface area (Å²) in [4.78, 5) is 28.1. The van der Waals surface area contributed by atoms with Gasteiger partial charge in [0.25, 0.3) is 11.8 Å². The first-order valence-corrected chi connectivity index (χ1v) is 10.2. The molecule has 2 aromatic rings. The van der Waals surface area contributed by atoms with Gasteiger partial charge in [-0.15, -0.1) is 11.8 Å². The molecule has 2 amide bonds. The van der Waals surface area contributed by atoms with E-state index < -0.39 is 0 Å². The second kappa shape index (κ2) is 8.24. The summed E-state index contributed by atoms with van der Waals surface area (Å²) in [6, 6.07) is 10.9. The van der Waals surface area contributed by atoms with Crippen molar-refractivity contribution in [3.8, 4) is 5.75 Å². The van der Waals surface area contributed by atoms with Gasteiger partial charge in [-0.3, -0.25) is 14.5 Å². The average molecular weight is 399 g/mol. The van der Waals surface area contributed by atoms with Crippen LogP contribution < -0.4 is 4.74 Å². The van der Waals surface area contributed by atoms with Crippen LogP contribution in [0.3, 0.4) is 0 Å². The van der Waals surface area contributed by atoms with Crippen molar-refractivity contribution >= 4 is 29.1 Å². The molecule has 0 saturated carbocycles. The highest BCUT2D eigenvalue weighted by atomic mass is 32.2. The highest BCUT2D eigenvalue weighted by molar-refractivity contribution is 8.03. The van der Waals surface area contributed by atoms with Crippen molar-refractivity contribution in [1.29, 1.82) is 0 Å². The molecule has 4 rings (SSSR count). The molecule has 0 spiro atoms. The number of imide groups is 1. The lowest BCUT2D eigenvalue weighted by Gasteiger charge is -2.19. The molecule has 3 heterocycles. The Morgan fingerprint density at radius 2 is 2.04 bits per heavy atom. The van der Waals surface area contributed by atoms with E-state index in [0.717, 1.165) is 18.6 Å². The van der Waals surface area contributed by atoms with Crippen molar-refractivity contribution in [2.24, 2.45) is 0 Å². The molecule has 0 aliphatic carbocycles. The molecule has 1 atom stereocenters. The van der Waals surface area contributed by atoms with Gasteiger partial charge in [0.05, 0.1) is 42.3 Å². The van der Waals surface area contributed by atoms with E-state index in [0.29, 0.717) is 34.2 Å². The van der Waals surface area contributed by atoms with Gasteiger partial charge in [-0.05, 0) is 31.0 Å². The standard InChI is InChI=1S/C21H21NO5S/c1-25-17-9-3-2-8-16(17)18-19(28-13-15-7-5-11-27-15)21(24)22(20(18)23)12-14-6-4-10-26-14/h2-3,5,7-9,11,14H,4,6,10,12-13H2,1H3. The van der Waals surface area contributed by atoms with Crippen LogP contribution in [-0.2, 0) is 20.1 Å². The maximum atomic E-state index is 13.2. The van der Waals surface area contributed by atoms with Crippen LogP contribution >= 0.6 is 11.8 Å². The van der Waals surface area contributed by atoms with Crippen molar-refractivity contribution in [3.63, 3.8) is 0 Å². The van der Waals surface area contributed by atoms with Crippen LogP contribution in [0.15, 0.2) is 52.0 Å². The Morgan fingerprint density at radius 3 is 2.75 bits per heavy atom. The van der Waals surface area contributed by atoms with E-state index in [1.807, 2.05) is 24.3 Å². The van der Waals surface area contributed by atoms with E-state index in [2.05, 4.69) is 0 Å². The summed E-state index contributed by atoms with van der Waals surface area (Å²) in [7, 11) is 1.56. The monoisotopic (exact) mass is 399 g/mol. The third kappa shape index (κ3) is 3.59. The van der Waals surface area contributed by atoms with E-state index in [4.69, 9.17) is 13.9 Å². The lowest BCUT2D eigenvalue weighted by atomic mass is 10.0. The number of benzene rings is 1. The summed E-state index contributed by atoms with van der Waals surface area (Å²) in [5, 5.41) is 0. The summed E-state index contributed by atoms with van der Waals surface area (Å²) < 4.78 is 16.5. The SMILES string of the molecule is COc1ccccc1C1=C(SCc2ccco2)C(=O)N(CC2CCCO2)C1=O. The average Bonchev–Trinajstić information content (AvgIpc) is 3.45. The molecule has 0 bridgehead atoms. The number of hydrogen-bond acceptors (Lipinski definition) is 6. The molecule has 0 N–H and O–H groups in total. The quantitative estimate of drug-likeness (QED) is 0.664. The Hall–Kier alpha value is -2.51. The second-order valence-electron chi connectivity index (χ2n) is 6.63. The topological polar surface area (TPSA) is 69.0 Å². The molecule has 2 aliphatic rings. The third-order valence-corrected chi connectivity index (χ3v) is 5.95. The molecule has 1 aromatic heterocycles. The summed E-state index contributed by atoms with van der Waals surface area (Å²) in [6.45, 7) is 0.953. The van der Waals surface area contributed by atoms with Crippen LogP contribution in [-0.4, -0.2) is 43.1 Å². The first kappa shape index (κ1) is 18.8. The van der Waals surface area contributed by atoms with Crippen LogP contribution in [0.4, 0.5) is 0 Å². The summed E-state index contributed by atoms with van der Waals surface area (Å²) in [5.74, 6) is 1.20. The number of nitrogens with zero attached hydrogens (tertiary/aromatic N) is 1. The Labute approximate surface area is 167 Å². The number of methoxy groups -OCH3 is 1. The van der Waals surface area contributed by atoms with E-state index in [9.17, 15) is 9.59 Å². The number of carbonyl (C=O) groups is 2. The van der Waals surface area contributed by atoms with Crippen molar-refractivity contribution < 1.29 is 23.5 Å².